The Balaban J connectivity index is 2.48. The second-order valence-corrected chi connectivity index (χ2v) is 4.12. The van der Waals surface area contributed by atoms with Crippen LogP contribution in [0, 0.1) is 5.41 Å². The molecule has 1 aliphatic rings. The van der Waals surface area contributed by atoms with Gasteiger partial charge in [0.05, 0.1) is 11.5 Å². The van der Waals surface area contributed by atoms with Crippen molar-refractivity contribution in [1.29, 1.82) is 0 Å². The van der Waals surface area contributed by atoms with Crippen molar-refractivity contribution in [3.63, 3.8) is 0 Å². The highest BCUT2D eigenvalue weighted by Crippen LogP contribution is 2.29. The molecule has 1 unspecified atom stereocenters. The number of rotatable bonds is 4. The van der Waals surface area contributed by atoms with Crippen LogP contribution in [0.5, 0.6) is 0 Å². The van der Waals surface area contributed by atoms with Crippen LogP contribution in [0.2, 0.25) is 0 Å². The van der Waals surface area contributed by atoms with Crippen LogP contribution < -0.4 is 10.6 Å². The molecule has 0 aromatic carbocycles. The van der Waals surface area contributed by atoms with Crippen molar-refractivity contribution in [3.8, 4) is 0 Å². The average Bonchev–Trinajstić information content (AvgIpc) is 2.63. The molecule has 14 heavy (non-hydrogen) atoms. The second-order valence-electron chi connectivity index (χ2n) is 4.12. The molecule has 4 nitrogen and oxygen atoms in total. The quantitative estimate of drug-likeness (QED) is 0.592. The minimum Gasteiger partial charge on any atom is -0.392 e. The van der Waals surface area contributed by atoms with E-state index in [1.807, 2.05) is 6.92 Å². The lowest BCUT2D eigenvalue weighted by molar-refractivity contribution is -0.130. The molecule has 4 heteroatoms. The SMILES string of the molecule is CCC1(C(=O)NC[C@@H](C)O)CCNC1. The number of hydrogen-bond acceptors (Lipinski definition) is 3. The molecule has 0 spiro atoms. The summed E-state index contributed by atoms with van der Waals surface area (Å²) in [4.78, 5) is 11.8. The molecular weight excluding hydrogens is 180 g/mol. The fourth-order valence-corrected chi connectivity index (χ4v) is 1.83. The van der Waals surface area contributed by atoms with E-state index >= 15 is 0 Å². The molecule has 82 valence electrons. The van der Waals surface area contributed by atoms with E-state index in [0.717, 1.165) is 25.9 Å². The Kier molecular flexibility index (Phi) is 3.89. The molecule has 0 bridgehead atoms. The highest BCUT2D eigenvalue weighted by molar-refractivity contribution is 5.83. The number of hydrogen-bond donors (Lipinski definition) is 3. The number of carbonyl (C=O) groups excluding carboxylic acids is 1. The van der Waals surface area contributed by atoms with Gasteiger partial charge in [-0.05, 0) is 26.3 Å². The molecule has 0 saturated carbocycles. The largest absolute Gasteiger partial charge is 0.392 e. The van der Waals surface area contributed by atoms with Crippen molar-refractivity contribution >= 4 is 5.91 Å². The first-order valence-corrected chi connectivity index (χ1v) is 5.28. The van der Waals surface area contributed by atoms with Gasteiger partial charge in [-0.15, -0.1) is 0 Å². The summed E-state index contributed by atoms with van der Waals surface area (Å²) in [7, 11) is 0. The number of aliphatic hydroxyl groups excluding tert-OH is 1. The first-order valence-electron chi connectivity index (χ1n) is 5.28. The third kappa shape index (κ3) is 2.45. The Morgan fingerprint density at radius 2 is 2.43 bits per heavy atom. The van der Waals surface area contributed by atoms with Crippen LogP contribution >= 0.6 is 0 Å². The first-order chi connectivity index (χ1) is 6.60. The summed E-state index contributed by atoms with van der Waals surface area (Å²) in [6.45, 7) is 5.73. The van der Waals surface area contributed by atoms with Crippen molar-refractivity contribution in [2.45, 2.75) is 32.8 Å². The highest BCUT2D eigenvalue weighted by Gasteiger charge is 2.39. The molecular formula is C10H20N2O2. The zero-order chi connectivity index (χ0) is 10.6. The topological polar surface area (TPSA) is 61.4 Å². The normalized spacial score (nSPS) is 28.8. The maximum absolute atomic E-state index is 11.8. The Bertz CT molecular complexity index is 198. The molecule has 0 aromatic heterocycles. The van der Waals surface area contributed by atoms with E-state index in [0.29, 0.717) is 6.54 Å². The van der Waals surface area contributed by atoms with Crippen molar-refractivity contribution in [2.24, 2.45) is 5.41 Å². The van der Waals surface area contributed by atoms with Crippen LogP contribution in [0.4, 0.5) is 0 Å². The van der Waals surface area contributed by atoms with Crippen LogP contribution in [-0.2, 0) is 4.79 Å². The zero-order valence-corrected chi connectivity index (χ0v) is 8.97. The third-order valence-electron chi connectivity index (χ3n) is 2.96. The van der Waals surface area contributed by atoms with Gasteiger partial charge in [0.1, 0.15) is 0 Å². The summed E-state index contributed by atoms with van der Waals surface area (Å²) in [5.41, 5.74) is -0.241. The summed E-state index contributed by atoms with van der Waals surface area (Å²) < 4.78 is 0. The van der Waals surface area contributed by atoms with Crippen molar-refractivity contribution < 1.29 is 9.90 Å². The van der Waals surface area contributed by atoms with E-state index < -0.39 is 6.10 Å². The van der Waals surface area contributed by atoms with Crippen LogP contribution in [0.15, 0.2) is 0 Å². The maximum atomic E-state index is 11.8. The maximum Gasteiger partial charge on any atom is 0.227 e. The van der Waals surface area contributed by atoms with Crippen molar-refractivity contribution in [2.75, 3.05) is 19.6 Å². The smallest absolute Gasteiger partial charge is 0.227 e. The molecule has 0 aliphatic carbocycles. The minimum absolute atomic E-state index is 0.0749. The Morgan fingerprint density at radius 1 is 1.71 bits per heavy atom. The number of nitrogens with one attached hydrogen (secondary N) is 2. The Hall–Kier alpha value is -0.610. The van der Waals surface area contributed by atoms with Gasteiger partial charge in [-0.2, -0.15) is 0 Å². The Labute approximate surface area is 85.1 Å². The molecule has 1 saturated heterocycles. The van der Waals surface area contributed by atoms with Gasteiger partial charge in [-0.1, -0.05) is 6.92 Å². The number of carbonyl (C=O) groups is 1. The van der Waals surface area contributed by atoms with Gasteiger partial charge >= 0.3 is 0 Å². The standard InChI is InChI=1S/C10H20N2O2/c1-3-10(4-5-11-7-10)9(14)12-6-8(2)13/h8,11,13H,3-7H2,1-2H3,(H,12,14)/t8-,10?/m1/s1. The predicted molar refractivity (Wildman–Crippen MR) is 54.9 cm³/mol. The number of amides is 1. The van der Waals surface area contributed by atoms with Gasteiger partial charge < -0.3 is 15.7 Å². The molecule has 0 aromatic rings. The number of aliphatic hydroxyl groups is 1. The van der Waals surface area contributed by atoms with Gasteiger partial charge in [0.25, 0.3) is 0 Å². The van der Waals surface area contributed by atoms with Crippen LogP contribution in [0.3, 0.4) is 0 Å². The molecule has 0 radical (unpaired) electrons. The molecule has 1 heterocycles. The molecule has 3 N–H and O–H groups in total. The van der Waals surface area contributed by atoms with E-state index in [-0.39, 0.29) is 11.3 Å². The van der Waals surface area contributed by atoms with Gasteiger partial charge in [0, 0.05) is 13.1 Å². The lowest BCUT2D eigenvalue weighted by atomic mass is 9.83. The molecule has 1 aliphatic heterocycles. The monoisotopic (exact) mass is 200 g/mol. The minimum atomic E-state index is -0.470. The predicted octanol–water partition coefficient (Wildman–Crippen LogP) is -0.127. The lowest BCUT2D eigenvalue weighted by Gasteiger charge is -2.25. The third-order valence-corrected chi connectivity index (χ3v) is 2.96. The van der Waals surface area contributed by atoms with E-state index in [1.54, 1.807) is 6.92 Å². The van der Waals surface area contributed by atoms with Gasteiger partial charge in [-0.25, -0.2) is 0 Å². The van der Waals surface area contributed by atoms with Gasteiger partial charge in [0.15, 0.2) is 0 Å². The summed E-state index contributed by atoms with van der Waals surface area (Å²) in [6, 6.07) is 0. The van der Waals surface area contributed by atoms with E-state index in [1.165, 1.54) is 0 Å². The Morgan fingerprint density at radius 3 is 2.86 bits per heavy atom. The van der Waals surface area contributed by atoms with E-state index in [4.69, 9.17) is 5.11 Å². The zero-order valence-electron chi connectivity index (χ0n) is 8.97. The van der Waals surface area contributed by atoms with Gasteiger partial charge in [0.2, 0.25) is 5.91 Å². The van der Waals surface area contributed by atoms with E-state index in [2.05, 4.69) is 10.6 Å². The fraction of sp³-hybridized carbons (Fsp3) is 0.900. The van der Waals surface area contributed by atoms with E-state index in [9.17, 15) is 4.79 Å². The molecule has 1 rings (SSSR count). The summed E-state index contributed by atoms with van der Waals surface area (Å²) in [5, 5.41) is 15.1. The molecule has 2 atom stereocenters. The van der Waals surface area contributed by atoms with Crippen molar-refractivity contribution in [3.05, 3.63) is 0 Å². The highest BCUT2D eigenvalue weighted by atomic mass is 16.3. The second kappa shape index (κ2) is 4.75. The van der Waals surface area contributed by atoms with Gasteiger partial charge in [-0.3, -0.25) is 4.79 Å². The summed E-state index contributed by atoms with van der Waals surface area (Å²) >= 11 is 0. The van der Waals surface area contributed by atoms with Crippen LogP contribution in [0.1, 0.15) is 26.7 Å². The summed E-state index contributed by atoms with van der Waals surface area (Å²) in [6.07, 6.45) is 1.28. The molecule has 1 fully saturated rings. The van der Waals surface area contributed by atoms with Crippen molar-refractivity contribution in [1.82, 2.24) is 10.6 Å². The summed E-state index contributed by atoms with van der Waals surface area (Å²) in [5.74, 6) is 0.0749. The fourth-order valence-electron chi connectivity index (χ4n) is 1.83. The average molecular weight is 200 g/mol. The first kappa shape index (κ1) is 11.5. The van der Waals surface area contributed by atoms with Crippen LogP contribution in [-0.4, -0.2) is 36.8 Å². The molecule has 1 amide bonds. The lowest BCUT2D eigenvalue weighted by Crippen LogP contribution is -2.44. The van der Waals surface area contributed by atoms with Crippen LogP contribution in [0.25, 0.3) is 0 Å².